The summed E-state index contributed by atoms with van der Waals surface area (Å²) < 4.78 is 47.3. The molecule has 0 radical (unpaired) electrons. The van der Waals surface area contributed by atoms with Gasteiger partial charge in [-0.15, -0.1) is 0 Å². The molecule has 1 atom stereocenters. The van der Waals surface area contributed by atoms with Gasteiger partial charge in [0.2, 0.25) is 15.9 Å². The number of methoxy groups -OCH3 is 1. The van der Waals surface area contributed by atoms with Crippen molar-refractivity contribution in [3.63, 3.8) is 0 Å². The number of non-ortho nitro benzene ring substituents is 1. The molecule has 2 heterocycles. The molecule has 0 aliphatic carbocycles. The Morgan fingerprint density at radius 2 is 1.98 bits per heavy atom. The molecule has 0 bridgehead atoms. The third kappa shape index (κ3) is 7.01. The predicted octanol–water partition coefficient (Wildman–Crippen LogP) is 3.73. The van der Waals surface area contributed by atoms with Crippen LogP contribution in [0, 0.1) is 23.0 Å². The Morgan fingerprint density at radius 1 is 1.24 bits per heavy atom. The highest BCUT2D eigenvalue weighted by Gasteiger charge is 2.28. The average molecular weight is 588 g/mol. The van der Waals surface area contributed by atoms with Gasteiger partial charge in [-0.05, 0) is 56.0 Å². The summed E-state index contributed by atoms with van der Waals surface area (Å²) in [4.78, 5) is 23.5. The van der Waals surface area contributed by atoms with Crippen LogP contribution in [-0.2, 0) is 14.8 Å². The van der Waals surface area contributed by atoms with Crippen LogP contribution in [0.5, 0.6) is 17.4 Å². The van der Waals surface area contributed by atoms with E-state index in [1.54, 1.807) is 31.2 Å². The molecule has 1 amide bonds. The topological polar surface area (TPSA) is 164 Å². The fraction of sp³-hybridized carbons (Fsp3) is 0.407. The van der Waals surface area contributed by atoms with Crippen LogP contribution in [0.3, 0.4) is 0 Å². The smallest absolute Gasteiger partial charge is 0.272 e. The first-order valence-corrected chi connectivity index (χ1v) is 14.6. The van der Waals surface area contributed by atoms with Crippen molar-refractivity contribution >= 4 is 21.6 Å². The van der Waals surface area contributed by atoms with E-state index in [2.05, 4.69) is 15.1 Å². The summed E-state index contributed by atoms with van der Waals surface area (Å²) >= 11 is 0. The van der Waals surface area contributed by atoms with E-state index in [-0.39, 0.29) is 35.9 Å². The molecule has 1 unspecified atom stereocenters. The lowest BCUT2D eigenvalue weighted by Gasteiger charge is -2.15. The largest absolute Gasteiger partial charge is 0.497 e. The second-order valence-electron chi connectivity index (χ2n) is 9.97. The number of nitro groups is 1. The van der Waals surface area contributed by atoms with Crippen molar-refractivity contribution in [3.8, 4) is 23.1 Å². The molecule has 4 rings (SSSR count). The van der Waals surface area contributed by atoms with E-state index in [9.17, 15) is 23.3 Å². The highest BCUT2D eigenvalue weighted by Crippen LogP contribution is 2.36. The summed E-state index contributed by atoms with van der Waals surface area (Å²) in [5.74, 6) is 0.0182. The fourth-order valence-electron chi connectivity index (χ4n) is 4.17. The number of ether oxygens (including phenoxy) is 3. The zero-order valence-electron chi connectivity index (χ0n) is 23.2. The SMILES string of the molecule is COc1ccc(-n2nc(C(=O)NCC3CCCO3)c(C)c2Oc2ccc([N+](=O)[O-])cc2S(=O)(=O)NCC(C)C)cc1. The maximum absolute atomic E-state index is 13.2. The Bertz CT molecular complexity index is 1510. The van der Waals surface area contributed by atoms with Gasteiger partial charge in [-0.2, -0.15) is 9.78 Å². The minimum atomic E-state index is -4.21. The van der Waals surface area contributed by atoms with Gasteiger partial charge in [0.1, 0.15) is 16.4 Å². The molecule has 0 spiro atoms. The summed E-state index contributed by atoms with van der Waals surface area (Å²) in [7, 11) is -2.68. The van der Waals surface area contributed by atoms with Crippen LogP contribution < -0.4 is 19.5 Å². The molecule has 41 heavy (non-hydrogen) atoms. The van der Waals surface area contributed by atoms with Crippen LogP contribution in [0.2, 0.25) is 0 Å². The lowest BCUT2D eigenvalue weighted by Crippen LogP contribution is -2.32. The van der Waals surface area contributed by atoms with Crippen molar-refractivity contribution < 1.29 is 32.3 Å². The van der Waals surface area contributed by atoms with E-state index >= 15 is 0 Å². The third-order valence-corrected chi connectivity index (χ3v) is 7.88. The van der Waals surface area contributed by atoms with E-state index in [4.69, 9.17) is 14.2 Å². The van der Waals surface area contributed by atoms with Crippen molar-refractivity contribution in [1.82, 2.24) is 19.8 Å². The number of benzene rings is 2. The fourth-order valence-corrected chi connectivity index (χ4v) is 5.53. The molecule has 1 aliphatic rings. The van der Waals surface area contributed by atoms with E-state index < -0.39 is 31.4 Å². The minimum absolute atomic E-state index is 0.0118. The highest BCUT2D eigenvalue weighted by atomic mass is 32.2. The van der Waals surface area contributed by atoms with Gasteiger partial charge in [-0.1, -0.05) is 13.8 Å². The lowest BCUT2D eigenvalue weighted by molar-refractivity contribution is -0.385. The van der Waals surface area contributed by atoms with Crippen molar-refractivity contribution in [2.45, 2.75) is 44.6 Å². The number of aromatic nitrogens is 2. The van der Waals surface area contributed by atoms with Gasteiger partial charge in [0.05, 0.1) is 23.8 Å². The Balaban J connectivity index is 1.78. The molecular weight excluding hydrogens is 554 g/mol. The summed E-state index contributed by atoms with van der Waals surface area (Å²) in [5, 5.41) is 18.8. The molecule has 1 aromatic heterocycles. The molecule has 3 aromatic rings. The summed E-state index contributed by atoms with van der Waals surface area (Å²) in [6, 6.07) is 10.1. The Labute approximate surface area is 238 Å². The number of carbonyl (C=O) groups excluding carboxylic acids is 1. The summed E-state index contributed by atoms with van der Waals surface area (Å²) in [6.07, 6.45) is 1.69. The number of hydrogen-bond acceptors (Lipinski definition) is 9. The zero-order chi connectivity index (χ0) is 29.7. The van der Waals surface area contributed by atoms with Crippen LogP contribution in [0.1, 0.15) is 42.7 Å². The molecule has 14 heteroatoms. The lowest BCUT2D eigenvalue weighted by atomic mass is 10.2. The molecule has 1 fully saturated rings. The monoisotopic (exact) mass is 587 g/mol. The molecule has 0 saturated carbocycles. The summed E-state index contributed by atoms with van der Waals surface area (Å²) in [6.45, 7) is 6.36. The van der Waals surface area contributed by atoms with Crippen molar-refractivity contribution in [1.29, 1.82) is 0 Å². The quantitative estimate of drug-likeness (QED) is 0.237. The first-order valence-electron chi connectivity index (χ1n) is 13.1. The number of nitrogens with zero attached hydrogens (tertiary/aromatic N) is 3. The standard InChI is InChI=1S/C27H33N5O8S/c1-17(2)15-29-41(36,37)24-14-20(32(34)35)9-12-23(24)40-27-18(3)25(26(33)28-16-22-6-5-13-39-22)30-31(27)19-7-10-21(38-4)11-8-19/h7-12,14,17,22,29H,5-6,13,15-16H2,1-4H3,(H,28,33). The average Bonchev–Trinajstić information content (AvgIpc) is 3.59. The molecule has 2 aromatic carbocycles. The zero-order valence-corrected chi connectivity index (χ0v) is 24.1. The van der Waals surface area contributed by atoms with Gasteiger partial charge < -0.3 is 19.5 Å². The van der Waals surface area contributed by atoms with Crippen molar-refractivity contribution in [2.24, 2.45) is 5.92 Å². The van der Waals surface area contributed by atoms with Gasteiger partial charge in [0.25, 0.3) is 11.6 Å². The first kappa shape index (κ1) is 30.0. The van der Waals surface area contributed by atoms with Crippen LogP contribution >= 0.6 is 0 Å². The minimum Gasteiger partial charge on any atom is -0.497 e. The van der Waals surface area contributed by atoms with Gasteiger partial charge in [-0.3, -0.25) is 14.9 Å². The second-order valence-corrected chi connectivity index (χ2v) is 11.7. The van der Waals surface area contributed by atoms with Crippen LogP contribution in [0.25, 0.3) is 5.69 Å². The van der Waals surface area contributed by atoms with Crippen molar-refractivity contribution in [2.75, 3.05) is 26.8 Å². The number of rotatable bonds is 12. The number of sulfonamides is 1. The number of nitro benzene ring substituents is 1. The molecule has 1 saturated heterocycles. The number of nitrogens with one attached hydrogen (secondary N) is 2. The molecule has 13 nitrogen and oxygen atoms in total. The maximum atomic E-state index is 13.2. The normalized spacial score (nSPS) is 15.2. The van der Waals surface area contributed by atoms with Crippen LogP contribution in [0.15, 0.2) is 47.4 Å². The van der Waals surface area contributed by atoms with E-state index in [1.807, 2.05) is 13.8 Å². The molecule has 2 N–H and O–H groups in total. The van der Waals surface area contributed by atoms with E-state index in [0.29, 0.717) is 30.2 Å². The van der Waals surface area contributed by atoms with Gasteiger partial charge in [-0.25, -0.2) is 13.1 Å². The van der Waals surface area contributed by atoms with Gasteiger partial charge >= 0.3 is 0 Å². The Morgan fingerprint density at radius 3 is 2.59 bits per heavy atom. The van der Waals surface area contributed by atoms with Crippen LogP contribution in [0.4, 0.5) is 5.69 Å². The second kappa shape index (κ2) is 12.7. The molecule has 1 aliphatic heterocycles. The number of carbonyl (C=O) groups is 1. The van der Waals surface area contributed by atoms with Gasteiger partial charge in [0, 0.05) is 37.4 Å². The van der Waals surface area contributed by atoms with Crippen molar-refractivity contribution in [3.05, 3.63) is 63.8 Å². The molecular formula is C27H33N5O8S. The first-order chi connectivity index (χ1) is 19.5. The Kier molecular flexibility index (Phi) is 9.25. The highest BCUT2D eigenvalue weighted by molar-refractivity contribution is 7.89. The molecule has 220 valence electrons. The summed E-state index contributed by atoms with van der Waals surface area (Å²) in [5.41, 5.74) is 0.490. The number of hydrogen-bond donors (Lipinski definition) is 2. The maximum Gasteiger partial charge on any atom is 0.272 e. The predicted molar refractivity (Wildman–Crippen MR) is 149 cm³/mol. The van der Waals surface area contributed by atoms with Crippen LogP contribution in [-0.4, -0.2) is 61.9 Å². The number of amides is 1. The Hall–Kier alpha value is -4.01. The van der Waals surface area contributed by atoms with E-state index in [0.717, 1.165) is 25.0 Å². The van der Waals surface area contributed by atoms with E-state index in [1.165, 1.54) is 17.9 Å². The third-order valence-electron chi connectivity index (χ3n) is 6.43. The van der Waals surface area contributed by atoms with Gasteiger partial charge in [0.15, 0.2) is 5.69 Å².